The summed E-state index contributed by atoms with van der Waals surface area (Å²) >= 11 is 0. The lowest BCUT2D eigenvalue weighted by Gasteiger charge is -2.19. The van der Waals surface area contributed by atoms with Crippen LogP contribution in [-0.2, 0) is 15.4 Å². The molecule has 0 amide bonds. The van der Waals surface area contributed by atoms with E-state index in [9.17, 15) is 8.42 Å². The Labute approximate surface area is 154 Å². The minimum Gasteiger partial charge on any atom is -0.492 e. The highest BCUT2D eigenvalue weighted by molar-refractivity contribution is 7.89. The van der Waals surface area contributed by atoms with Crippen LogP contribution in [-0.4, -0.2) is 28.4 Å². The minimum atomic E-state index is -3.56. The van der Waals surface area contributed by atoms with Crippen molar-refractivity contribution in [3.63, 3.8) is 0 Å². The molecule has 0 fully saturated rings. The Hall–Kier alpha value is -2.25. The van der Waals surface area contributed by atoms with Crippen molar-refractivity contribution >= 4 is 10.0 Å². The molecule has 0 saturated heterocycles. The normalized spacial score (nSPS) is 13.7. The van der Waals surface area contributed by atoms with Crippen LogP contribution >= 0.6 is 0 Å². The molecule has 3 rings (SSSR count). The number of hydrogen-bond acceptors (Lipinski definition) is 5. The molecule has 1 heterocycles. The molecule has 6 nitrogen and oxygen atoms in total. The maximum atomic E-state index is 12.4. The van der Waals surface area contributed by atoms with Gasteiger partial charge in [-0.2, -0.15) is 0 Å². The maximum absolute atomic E-state index is 12.4. The molecule has 0 radical (unpaired) electrons. The summed E-state index contributed by atoms with van der Waals surface area (Å²) in [7, 11) is -3.56. The number of nitrogens with one attached hydrogen (secondary N) is 1. The zero-order chi connectivity index (χ0) is 18.8. The Morgan fingerprint density at radius 1 is 1.04 bits per heavy atom. The van der Waals surface area contributed by atoms with Gasteiger partial charge >= 0.3 is 0 Å². The first kappa shape index (κ1) is 18.5. The van der Waals surface area contributed by atoms with Crippen LogP contribution in [0.4, 0.5) is 0 Å². The van der Waals surface area contributed by atoms with Crippen LogP contribution in [0.3, 0.4) is 0 Å². The molecule has 2 aromatic rings. The fourth-order valence-corrected chi connectivity index (χ4v) is 3.54. The third kappa shape index (κ3) is 4.28. The van der Waals surface area contributed by atoms with E-state index in [0.717, 1.165) is 5.56 Å². The van der Waals surface area contributed by atoms with Gasteiger partial charge in [-0.05, 0) is 35.2 Å². The lowest BCUT2D eigenvalue weighted by atomic mass is 9.87. The van der Waals surface area contributed by atoms with E-state index >= 15 is 0 Å². The van der Waals surface area contributed by atoms with E-state index in [1.165, 1.54) is 0 Å². The molecule has 0 spiro atoms. The van der Waals surface area contributed by atoms with E-state index in [0.29, 0.717) is 17.2 Å². The highest BCUT2D eigenvalue weighted by atomic mass is 32.2. The summed E-state index contributed by atoms with van der Waals surface area (Å²) in [5, 5.41) is 0. The van der Waals surface area contributed by atoms with Gasteiger partial charge in [0.1, 0.15) is 12.4 Å². The second-order valence-corrected chi connectivity index (χ2v) is 8.80. The van der Waals surface area contributed by atoms with Crippen molar-refractivity contribution < 1.29 is 22.6 Å². The molecule has 2 aromatic carbocycles. The maximum Gasteiger partial charge on any atom is 0.240 e. The third-order valence-electron chi connectivity index (χ3n) is 4.04. The molecule has 1 aliphatic rings. The molecule has 0 aromatic heterocycles. The highest BCUT2D eigenvalue weighted by Gasteiger charge is 2.17. The van der Waals surface area contributed by atoms with Gasteiger partial charge in [-0.3, -0.25) is 0 Å². The molecule has 26 heavy (non-hydrogen) atoms. The Morgan fingerprint density at radius 3 is 2.42 bits per heavy atom. The summed E-state index contributed by atoms with van der Waals surface area (Å²) in [5.41, 5.74) is 1.07. The van der Waals surface area contributed by atoms with Crippen LogP contribution in [0.1, 0.15) is 26.3 Å². The summed E-state index contributed by atoms with van der Waals surface area (Å²) in [6, 6.07) is 12.2. The first-order valence-electron chi connectivity index (χ1n) is 8.38. The molecule has 0 unspecified atom stereocenters. The lowest BCUT2D eigenvalue weighted by Crippen LogP contribution is -2.28. The smallest absolute Gasteiger partial charge is 0.240 e. The number of benzene rings is 2. The zero-order valence-corrected chi connectivity index (χ0v) is 15.9. The molecule has 140 valence electrons. The van der Waals surface area contributed by atoms with E-state index in [1.807, 2.05) is 12.1 Å². The van der Waals surface area contributed by atoms with Gasteiger partial charge in [0.25, 0.3) is 0 Å². The van der Waals surface area contributed by atoms with Crippen molar-refractivity contribution in [2.75, 3.05) is 19.9 Å². The predicted molar refractivity (Wildman–Crippen MR) is 98.4 cm³/mol. The molecule has 0 atom stereocenters. The number of ether oxygens (including phenoxy) is 3. The zero-order valence-electron chi connectivity index (χ0n) is 15.1. The van der Waals surface area contributed by atoms with E-state index in [4.69, 9.17) is 14.2 Å². The number of sulfonamides is 1. The van der Waals surface area contributed by atoms with Gasteiger partial charge in [0, 0.05) is 12.6 Å². The van der Waals surface area contributed by atoms with Crippen molar-refractivity contribution in [1.82, 2.24) is 4.72 Å². The number of rotatable bonds is 6. The summed E-state index contributed by atoms with van der Waals surface area (Å²) in [5.74, 6) is 1.90. The Kier molecular flexibility index (Phi) is 5.11. The quantitative estimate of drug-likeness (QED) is 0.783. The molecular weight excluding hydrogens is 354 g/mol. The van der Waals surface area contributed by atoms with Crippen molar-refractivity contribution in [3.05, 3.63) is 48.0 Å². The number of fused-ring (bicyclic) bond motifs is 1. The monoisotopic (exact) mass is 377 g/mol. The van der Waals surface area contributed by atoms with Crippen LogP contribution in [0.25, 0.3) is 0 Å². The molecule has 1 N–H and O–H groups in total. The molecule has 0 aliphatic carbocycles. The van der Waals surface area contributed by atoms with Gasteiger partial charge in [0.05, 0.1) is 4.90 Å². The van der Waals surface area contributed by atoms with E-state index in [-0.39, 0.29) is 30.3 Å². The van der Waals surface area contributed by atoms with Gasteiger partial charge in [0.2, 0.25) is 16.8 Å². The summed E-state index contributed by atoms with van der Waals surface area (Å²) < 4.78 is 43.3. The Bertz CT molecular complexity index is 870. The molecular formula is C19H23NO5S. The van der Waals surface area contributed by atoms with Crippen molar-refractivity contribution in [3.8, 4) is 17.2 Å². The van der Waals surface area contributed by atoms with Gasteiger partial charge in [-0.1, -0.05) is 32.9 Å². The highest BCUT2D eigenvalue weighted by Crippen LogP contribution is 2.35. The second kappa shape index (κ2) is 7.17. The van der Waals surface area contributed by atoms with Gasteiger partial charge in [0.15, 0.2) is 11.5 Å². The van der Waals surface area contributed by atoms with Crippen LogP contribution in [0.15, 0.2) is 47.4 Å². The van der Waals surface area contributed by atoms with Gasteiger partial charge in [-0.15, -0.1) is 0 Å². The molecule has 1 aliphatic heterocycles. The minimum absolute atomic E-state index is 0.0197. The number of hydrogen-bond donors (Lipinski definition) is 1. The summed E-state index contributed by atoms with van der Waals surface area (Å²) in [4.78, 5) is 0.244. The molecule has 0 saturated carbocycles. The standard InChI is InChI=1S/C19H23NO5S/c1-19(2,3)14-4-7-16(8-5-14)26(21,22)20-10-11-23-15-6-9-17-18(12-15)25-13-24-17/h4-9,12,20H,10-11,13H2,1-3H3. The van der Waals surface area contributed by atoms with E-state index in [1.54, 1.807) is 30.3 Å². The molecule has 7 heteroatoms. The third-order valence-corrected chi connectivity index (χ3v) is 5.51. The average molecular weight is 377 g/mol. The Morgan fingerprint density at radius 2 is 1.73 bits per heavy atom. The lowest BCUT2D eigenvalue weighted by molar-refractivity contribution is 0.173. The first-order valence-corrected chi connectivity index (χ1v) is 9.87. The van der Waals surface area contributed by atoms with Crippen molar-refractivity contribution in [2.45, 2.75) is 31.1 Å². The fourth-order valence-electron chi connectivity index (χ4n) is 2.53. The fraction of sp³-hybridized carbons (Fsp3) is 0.368. The molecule has 0 bridgehead atoms. The van der Waals surface area contributed by atoms with Crippen molar-refractivity contribution in [1.29, 1.82) is 0 Å². The first-order chi connectivity index (χ1) is 12.3. The topological polar surface area (TPSA) is 73.9 Å². The van der Waals surface area contributed by atoms with Crippen molar-refractivity contribution in [2.24, 2.45) is 0 Å². The average Bonchev–Trinajstić information content (AvgIpc) is 3.06. The van der Waals surface area contributed by atoms with E-state index in [2.05, 4.69) is 25.5 Å². The van der Waals surface area contributed by atoms with Crippen LogP contribution in [0.5, 0.6) is 17.2 Å². The van der Waals surface area contributed by atoms with Crippen LogP contribution < -0.4 is 18.9 Å². The second-order valence-electron chi connectivity index (χ2n) is 7.04. The van der Waals surface area contributed by atoms with Gasteiger partial charge in [-0.25, -0.2) is 13.1 Å². The summed E-state index contributed by atoms with van der Waals surface area (Å²) in [6.07, 6.45) is 0. The van der Waals surface area contributed by atoms with E-state index < -0.39 is 10.0 Å². The van der Waals surface area contributed by atoms with Gasteiger partial charge < -0.3 is 14.2 Å². The summed E-state index contributed by atoms with van der Waals surface area (Å²) in [6.45, 7) is 6.83. The largest absolute Gasteiger partial charge is 0.492 e. The Balaban J connectivity index is 1.53. The van der Waals surface area contributed by atoms with Crippen LogP contribution in [0.2, 0.25) is 0 Å². The van der Waals surface area contributed by atoms with Crippen LogP contribution in [0, 0.1) is 0 Å². The predicted octanol–water partition coefficient (Wildman–Crippen LogP) is 3.07. The SMILES string of the molecule is CC(C)(C)c1ccc(S(=O)(=O)NCCOc2ccc3c(c2)OCO3)cc1.